The number of aromatic nitrogens is 2. The Balaban J connectivity index is 2.71. The van der Waals surface area contributed by atoms with E-state index in [9.17, 15) is 0 Å². The minimum atomic E-state index is 0.284. The standard InChI is InChI=1S/C6H8ClN5/c1-9-6(8)10-5-3-2-4(7)11-12-5/h2-3H,1H3,(H3,8,9,10,12). The molecule has 1 aromatic heterocycles. The largest absolute Gasteiger partial charge is 0.370 e. The molecule has 0 radical (unpaired) electrons. The molecule has 3 N–H and O–H groups in total. The molecule has 0 bridgehead atoms. The second kappa shape index (κ2) is 3.87. The maximum Gasteiger partial charge on any atom is 0.194 e. The highest BCUT2D eigenvalue weighted by molar-refractivity contribution is 6.29. The van der Waals surface area contributed by atoms with Crippen molar-refractivity contribution in [1.82, 2.24) is 10.2 Å². The van der Waals surface area contributed by atoms with E-state index in [0.717, 1.165) is 0 Å². The van der Waals surface area contributed by atoms with Crippen LogP contribution in [0, 0.1) is 0 Å². The molecule has 0 aromatic carbocycles. The van der Waals surface area contributed by atoms with Gasteiger partial charge < -0.3 is 11.1 Å². The molecule has 0 spiro atoms. The van der Waals surface area contributed by atoms with Crippen LogP contribution >= 0.6 is 11.6 Å². The highest BCUT2D eigenvalue weighted by atomic mass is 35.5. The van der Waals surface area contributed by atoms with E-state index in [0.29, 0.717) is 11.0 Å². The third-order valence-corrected chi connectivity index (χ3v) is 1.33. The van der Waals surface area contributed by atoms with Gasteiger partial charge in [-0.2, -0.15) is 0 Å². The Morgan fingerprint density at radius 3 is 2.83 bits per heavy atom. The highest BCUT2D eigenvalue weighted by Gasteiger charge is 1.95. The fourth-order valence-corrected chi connectivity index (χ4v) is 0.671. The van der Waals surface area contributed by atoms with Crippen molar-refractivity contribution >= 4 is 23.4 Å². The Labute approximate surface area is 74.7 Å². The van der Waals surface area contributed by atoms with Crippen molar-refractivity contribution in [2.45, 2.75) is 0 Å². The van der Waals surface area contributed by atoms with Crippen molar-refractivity contribution in [2.75, 3.05) is 12.4 Å². The van der Waals surface area contributed by atoms with Crippen LogP contribution in [-0.2, 0) is 0 Å². The average molecular weight is 186 g/mol. The third-order valence-electron chi connectivity index (χ3n) is 1.13. The van der Waals surface area contributed by atoms with Crippen LogP contribution in [0.4, 0.5) is 5.82 Å². The van der Waals surface area contributed by atoms with Crippen molar-refractivity contribution in [3.63, 3.8) is 0 Å². The summed E-state index contributed by atoms with van der Waals surface area (Å²) in [5.41, 5.74) is 5.38. The molecule has 0 aliphatic carbocycles. The van der Waals surface area contributed by atoms with Gasteiger partial charge in [0, 0.05) is 7.05 Å². The average Bonchev–Trinajstić information content (AvgIpc) is 2.09. The molecule has 0 aliphatic rings. The van der Waals surface area contributed by atoms with Crippen molar-refractivity contribution in [1.29, 1.82) is 0 Å². The Morgan fingerprint density at radius 1 is 1.58 bits per heavy atom. The number of nitrogens with one attached hydrogen (secondary N) is 1. The molecule has 1 heterocycles. The Bertz CT molecular complexity index is 280. The molecule has 0 atom stereocenters. The van der Waals surface area contributed by atoms with Crippen LogP contribution in [0.2, 0.25) is 5.15 Å². The van der Waals surface area contributed by atoms with Crippen LogP contribution in [0.25, 0.3) is 0 Å². The van der Waals surface area contributed by atoms with Crippen molar-refractivity contribution < 1.29 is 0 Å². The van der Waals surface area contributed by atoms with Crippen LogP contribution in [0.15, 0.2) is 17.1 Å². The number of guanidine groups is 1. The first-order valence-corrected chi connectivity index (χ1v) is 3.58. The van der Waals surface area contributed by atoms with E-state index in [1.807, 2.05) is 0 Å². The molecule has 0 amide bonds. The fourth-order valence-electron chi connectivity index (χ4n) is 0.570. The van der Waals surface area contributed by atoms with Crippen LogP contribution < -0.4 is 11.1 Å². The summed E-state index contributed by atoms with van der Waals surface area (Å²) in [5, 5.41) is 10.4. The van der Waals surface area contributed by atoms with Gasteiger partial charge in [-0.3, -0.25) is 4.99 Å². The molecule has 64 valence electrons. The molecule has 12 heavy (non-hydrogen) atoms. The van der Waals surface area contributed by atoms with Crippen molar-refractivity contribution in [3.05, 3.63) is 17.3 Å². The topological polar surface area (TPSA) is 76.2 Å². The smallest absolute Gasteiger partial charge is 0.194 e. The number of hydrogen-bond acceptors (Lipinski definition) is 3. The molecule has 0 fully saturated rings. The van der Waals surface area contributed by atoms with Gasteiger partial charge in [-0.05, 0) is 12.1 Å². The summed E-state index contributed by atoms with van der Waals surface area (Å²) in [5.74, 6) is 0.800. The lowest BCUT2D eigenvalue weighted by atomic mass is 10.5. The van der Waals surface area contributed by atoms with Crippen molar-refractivity contribution in [3.8, 4) is 0 Å². The first-order valence-electron chi connectivity index (χ1n) is 3.21. The zero-order valence-corrected chi connectivity index (χ0v) is 7.21. The van der Waals surface area contributed by atoms with Crippen molar-refractivity contribution in [2.24, 2.45) is 10.7 Å². The maximum atomic E-state index is 5.52. The zero-order chi connectivity index (χ0) is 8.97. The number of aliphatic imine (C=N–C) groups is 1. The first-order chi connectivity index (χ1) is 5.72. The minimum absolute atomic E-state index is 0.284. The van der Waals surface area contributed by atoms with Gasteiger partial charge in [0.05, 0.1) is 0 Å². The van der Waals surface area contributed by atoms with E-state index in [1.54, 1.807) is 19.2 Å². The minimum Gasteiger partial charge on any atom is -0.370 e. The molecular weight excluding hydrogens is 178 g/mol. The second-order valence-corrected chi connectivity index (χ2v) is 2.36. The van der Waals surface area contributed by atoms with Gasteiger partial charge in [-0.15, -0.1) is 10.2 Å². The number of hydrogen-bond donors (Lipinski definition) is 2. The number of anilines is 1. The van der Waals surface area contributed by atoms with Crippen LogP contribution in [0.3, 0.4) is 0 Å². The molecule has 0 aliphatic heterocycles. The predicted octanol–water partition coefficient (Wildman–Crippen LogP) is 0.486. The molecule has 1 rings (SSSR count). The van der Waals surface area contributed by atoms with E-state index >= 15 is 0 Å². The fraction of sp³-hybridized carbons (Fsp3) is 0.167. The van der Waals surface area contributed by atoms with Gasteiger partial charge >= 0.3 is 0 Å². The molecule has 0 saturated carbocycles. The van der Waals surface area contributed by atoms with Crippen LogP contribution in [0.5, 0.6) is 0 Å². The monoisotopic (exact) mass is 185 g/mol. The van der Waals surface area contributed by atoms with Crippen LogP contribution in [0.1, 0.15) is 0 Å². The van der Waals surface area contributed by atoms with Gasteiger partial charge in [-0.1, -0.05) is 11.6 Å². The number of halogens is 1. The molecule has 5 nitrogen and oxygen atoms in total. The Hall–Kier alpha value is -1.36. The SMILES string of the molecule is CN=C(N)Nc1ccc(Cl)nn1. The summed E-state index contributed by atoms with van der Waals surface area (Å²) in [6.07, 6.45) is 0. The first kappa shape index (κ1) is 8.73. The highest BCUT2D eigenvalue weighted by Crippen LogP contribution is 2.04. The molecular formula is C6H8ClN5. The molecule has 6 heteroatoms. The maximum absolute atomic E-state index is 5.52. The Kier molecular flexibility index (Phi) is 2.82. The number of nitrogens with zero attached hydrogens (tertiary/aromatic N) is 3. The van der Waals surface area contributed by atoms with Gasteiger partial charge in [0.25, 0.3) is 0 Å². The van der Waals surface area contributed by atoms with E-state index in [1.165, 1.54) is 0 Å². The molecule has 0 saturated heterocycles. The number of nitrogens with two attached hydrogens (primary N) is 1. The van der Waals surface area contributed by atoms with Crippen LogP contribution in [-0.4, -0.2) is 23.2 Å². The van der Waals surface area contributed by atoms with E-state index in [-0.39, 0.29) is 5.96 Å². The lowest BCUT2D eigenvalue weighted by molar-refractivity contribution is 1.04. The van der Waals surface area contributed by atoms with E-state index in [4.69, 9.17) is 17.3 Å². The molecule has 0 unspecified atom stereocenters. The lowest BCUT2D eigenvalue weighted by Crippen LogP contribution is -2.22. The van der Waals surface area contributed by atoms with Gasteiger partial charge in [0.1, 0.15) is 0 Å². The third kappa shape index (κ3) is 2.35. The summed E-state index contributed by atoms with van der Waals surface area (Å²) in [6, 6.07) is 3.27. The van der Waals surface area contributed by atoms with E-state index in [2.05, 4.69) is 20.5 Å². The Morgan fingerprint density at radius 2 is 2.33 bits per heavy atom. The quantitative estimate of drug-likeness (QED) is 0.493. The van der Waals surface area contributed by atoms with E-state index < -0.39 is 0 Å². The van der Waals surface area contributed by atoms with Gasteiger partial charge in [0.15, 0.2) is 16.9 Å². The zero-order valence-electron chi connectivity index (χ0n) is 6.45. The molecule has 1 aromatic rings. The summed E-state index contributed by atoms with van der Waals surface area (Å²) in [4.78, 5) is 3.69. The number of rotatable bonds is 1. The summed E-state index contributed by atoms with van der Waals surface area (Å²) in [6.45, 7) is 0. The second-order valence-electron chi connectivity index (χ2n) is 1.98. The summed E-state index contributed by atoms with van der Waals surface area (Å²) >= 11 is 5.52. The predicted molar refractivity (Wildman–Crippen MR) is 48.2 cm³/mol. The normalized spacial score (nSPS) is 11.3. The lowest BCUT2D eigenvalue weighted by Gasteiger charge is -2.01. The van der Waals surface area contributed by atoms with Gasteiger partial charge in [-0.25, -0.2) is 0 Å². The van der Waals surface area contributed by atoms with Gasteiger partial charge in [0.2, 0.25) is 0 Å². The summed E-state index contributed by atoms with van der Waals surface area (Å²) in [7, 11) is 1.58. The summed E-state index contributed by atoms with van der Waals surface area (Å²) < 4.78 is 0.